The van der Waals surface area contributed by atoms with E-state index in [0.717, 1.165) is 38.2 Å². The number of hydrogen-bond acceptors (Lipinski definition) is 4. The molecule has 0 aliphatic rings. The quantitative estimate of drug-likeness (QED) is 0.602. The van der Waals surface area contributed by atoms with Crippen molar-refractivity contribution in [2.24, 2.45) is 0 Å². The Bertz CT molecular complexity index is 354. The van der Waals surface area contributed by atoms with Crippen LogP contribution >= 0.6 is 0 Å². The third-order valence-electron chi connectivity index (χ3n) is 3.42. The van der Waals surface area contributed by atoms with E-state index < -0.39 is 0 Å². The van der Waals surface area contributed by atoms with Crippen LogP contribution in [0.4, 0.5) is 0 Å². The van der Waals surface area contributed by atoms with Crippen molar-refractivity contribution >= 4 is 0 Å². The molecule has 0 radical (unpaired) electrons. The predicted octanol–water partition coefficient (Wildman–Crippen LogP) is 2.66. The molecule has 0 bridgehead atoms. The zero-order valence-electron chi connectivity index (χ0n) is 13.6. The van der Waals surface area contributed by atoms with E-state index in [1.807, 2.05) is 12.1 Å². The highest BCUT2D eigenvalue weighted by Crippen LogP contribution is 2.13. The SMILES string of the molecule is COCCOCCCNC(C)CCc1ccc(OC)cc1. The van der Waals surface area contributed by atoms with Gasteiger partial charge in [0.1, 0.15) is 5.75 Å². The van der Waals surface area contributed by atoms with Crippen molar-refractivity contribution in [2.75, 3.05) is 40.6 Å². The van der Waals surface area contributed by atoms with Crippen LogP contribution in [0.5, 0.6) is 5.75 Å². The van der Waals surface area contributed by atoms with Crippen LogP contribution in [-0.2, 0) is 15.9 Å². The molecule has 1 aromatic carbocycles. The van der Waals surface area contributed by atoms with E-state index in [1.165, 1.54) is 5.56 Å². The van der Waals surface area contributed by atoms with Gasteiger partial charge in [-0.2, -0.15) is 0 Å². The minimum absolute atomic E-state index is 0.520. The molecule has 0 saturated heterocycles. The summed E-state index contributed by atoms with van der Waals surface area (Å²) in [7, 11) is 3.38. The number of rotatable bonds is 12. The van der Waals surface area contributed by atoms with E-state index in [0.29, 0.717) is 19.3 Å². The molecule has 0 aromatic heterocycles. The van der Waals surface area contributed by atoms with Crippen LogP contribution in [-0.4, -0.2) is 46.6 Å². The lowest BCUT2D eigenvalue weighted by Crippen LogP contribution is -2.28. The summed E-state index contributed by atoms with van der Waals surface area (Å²) < 4.78 is 15.5. The van der Waals surface area contributed by atoms with Gasteiger partial charge in [0, 0.05) is 19.8 Å². The van der Waals surface area contributed by atoms with Crippen LogP contribution in [0.1, 0.15) is 25.3 Å². The molecule has 0 spiro atoms. The second-order valence-corrected chi connectivity index (χ2v) is 5.20. The molecular weight excluding hydrogens is 266 g/mol. The Morgan fingerprint density at radius 3 is 2.48 bits per heavy atom. The normalized spacial score (nSPS) is 12.3. The Labute approximate surface area is 128 Å². The summed E-state index contributed by atoms with van der Waals surface area (Å²) in [6.45, 7) is 5.38. The molecule has 1 rings (SSSR count). The average Bonchev–Trinajstić information content (AvgIpc) is 2.52. The Hall–Kier alpha value is -1.10. The molecular formula is C17H29NO3. The first kappa shape index (κ1) is 18.0. The minimum Gasteiger partial charge on any atom is -0.497 e. The maximum Gasteiger partial charge on any atom is 0.118 e. The summed E-state index contributed by atoms with van der Waals surface area (Å²) in [5.41, 5.74) is 1.35. The Kier molecular flexibility index (Phi) is 9.87. The molecule has 0 heterocycles. The second-order valence-electron chi connectivity index (χ2n) is 5.20. The summed E-state index contributed by atoms with van der Waals surface area (Å²) in [4.78, 5) is 0. The van der Waals surface area contributed by atoms with Crippen molar-refractivity contribution in [3.05, 3.63) is 29.8 Å². The predicted molar refractivity (Wildman–Crippen MR) is 86.1 cm³/mol. The largest absolute Gasteiger partial charge is 0.497 e. The number of methoxy groups -OCH3 is 2. The van der Waals surface area contributed by atoms with Crippen LogP contribution in [0.25, 0.3) is 0 Å². The lowest BCUT2D eigenvalue weighted by atomic mass is 10.1. The monoisotopic (exact) mass is 295 g/mol. The molecule has 4 nitrogen and oxygen atoms in total. The molecule has 0 amide bonds. The number of hydrogen-bond donors (Lipinski definition) is 1. The molecule has 4 heteroatoms. The van der Waals surface area contributed by atoms with Gasteiger partial charge in [0.05, 0.1) is 20.3 Å². The minimum atomic E-state index is 0.520. The Morgan fingerprint density at radius 1 is 1.05 bits per heavy atom. The lowest BCUT2D eigenvalue weighted by Gasteiger charge is -2.14. The van der Waals surface area contributed by atoms with Crippen molar-refractivity contribution in [2.45, 2.75) is 32.2 Å². The van der Waals surface area contributed by atoms with Gasteiger partial charge >= 0.3 is 0 Å². The van der Waals surface area contributed by atoms with Gasteiger partial charge < -0.3 is 19.5 Å². The molecule has 0 saturated carbocycles. The van der Waals surface area contributed by atoms with Gasteiger partial charge in [0.25, 0.3) is 0 Å². The molecule has 0 aliphatic carbocycles. The van der Waals surface area contributed by atoms with Crippen molar-refractivity contribution in [1.82, 2.24) is 5.32 Å². The van der Waals surface area contributed by atoms with E-state index in [1.54, 1.807) is 14.2 Å². The van der Waals surface area contributed by atoms with Gasteiger partial charge in [-0.1, -0.05) is 12.1 Å². The van der Waals surface area contributed by atoms with E-state index in [4.69, 9.17) is 14.2 Å². The van der Waals surface area contributed by atoms with Crippen molar-refractivity contribution in [3.63, 3.8) is 0 Å². The van der Waals surface area contributed by atoms with Crippen LogP contribution in [0.3, 0.4) is 0 Å². The summed E-state index contributed by atoms with van der Waals surface area (Å²) in [6.07, 6.45) is 3.26. The zero-order chi connectivity index (χ0) is 15.3. The van der Waals surface area contributed by atoms with E-state index in [2.05, 4.69) is 24.4 Å². The maximum atomic E-state index is 5.43. The Balaban J connectivity index is 2.03. The highest BCUT2D eigenvalue weighted by Gasteiger charge is 2.02. The first-order valence-corrected chi connectivity index (χ1v) is 7.69. The molecule has 1 atom stereocenters. The highest BCUT2D eigenvalue weighted by atomic mass is 16.5. The fourth-order valence-electron chi connectivity index (χ4n) is 2.04. The van der Waals surface area contributed by atoms with Crippen molar-refractivity contribution in [3.8, 4) is 5.75 Å². The van der Waals surface area contributed by atoms with Crippen LogP contribution < -0.4 is 10.1 Å². The molecule has 1 N–H and O–H groups in total. The summed E-state index contributed by atoms with van der Waals surface area (Å²) >= 11 is 0. The standard InChI is InChI=1S/C17H29NO3/c1-15(18-11-4-12-21-14-13-19-2)5-6-16-7-9-17(20-3)10-8-16/h7-10,15,18H,4-6,11-14H2,1-3H3. The molecule has 120 valence electrons. The van der Waals surface area contributed by atoms with Crippen LogP contribution in [0.15, 0.2) is 24.3 Å². The number of benzene rings is 1. The smallest absolute Gasteiger partial charge is 0.118 e. The van der Waals surface area contributed by atoms with Gasteiger partial charge in [0.2, 0.25) is 0 Å². The van der Waals surface area contributed by atoms with E-state index in [9.17, 15) is 0 Å². The third-order valence-corrected chi connectivity index (χ3v) is 3.42. The van der Waals surface area contributed by atoms with Crippen molar-refractivity contribution in [1.29, 1.82) is 0 Å². The maximum absolute atomic E-state index is 5.43. The van der Waals surface area contributed by atoms with E-state index >= 15 is 0 Å². The zero-order valence-corrected chi connectivity index (χ0v) is 13.6. The topological polar surface area (TPSA) is 39.7 Å². The lowest BCUT2D eigenvalue weighted by molar-refractivity contribution is 0.0693. The fraction of sp³-hybridized carbons (Fsp3) is 0.647. The van der Waals surface area contributed by atoms with Gasteiger partial charge in [-0.15, -0.1) is 0 Å². The van der Waals surface area contributed by atoms with Gasteiger partial charge in [0.15, 0.2) is 0 Å². The first-order chi connectivity index (χ1) is 10.3. The summed E-state index contributed by atoms with van der Waals surface area (Å²) in [5, 5.41) is 3.53. The van der Waals surface area contributed by atoms with Crippen molar-refractivity contribution < 1.29 is 14.2 Å². The molecule has 0 aliphatic heterocycles. The number of aryl methyl sites for hydroxylation is 1. The number of nitrogens with one attached hydrogen (secondary N) is 1. The summed E-state index contributed by atoms with van der Waals surface area (Å²) in [5.74, 6) is 0.915. The van der Waals surface area contributed by atoms with Crippen LogP contribution in [0, 0.1) is 0 Å². The van der Waals surface area contributed by atoms with Gasteiger partial charge in [-0.25, -0.2) is 0 Å². The fourth-order valence-corrected chi connectivity index (χ4v) is 2.04. The summed E-state index contributed by atoms with van der Waals surface area (Å²) in [6, 6.07) is 8.83. The van der Waals surface area contributed by atoms with E-state index in [-0.39, 0.29) is 0 Å². The third kappa shape index (κ3) is 8.71. The molecule has 21 heavy (non-hydrogen) atoms. The van der Waals surface area contributed by atoms with Gasteiger partial charge in [-0.05, 0) is 50.4 Å². The average molecular weight is 295 g/mol. The Morgan fingerprint density at radius 2 is 1.81 bits per heavy atom. The molecule has 1 aromatic rings. The molecule has 1 unspecified atom stereocenters. The molecule has 0 fully saturated rings. The number of ether oxygens (including phenoxy) is 3. The highest BCUT2D eigenvalue weighted by molar-refractivity contribution is 5.27. The van der Waals surface area contributed by atoms with Crippen LogP contribution in [0.2, 0.25) is 0 Å². The van der Waals surface area contributed by atoms with Gasteiger partial charge in [-0.3, -0.25) is 0 Å². The second kappa shape index (κ2) is 11.5. The first-order valence-electron chi connectivity index (χ1n) is 7.69.